The van der Waals surface area contributed by atoms with Crippen molar-refractivity contribution in [3.05, 3.63) is 23.8 Å². The van der Waals surface area contributed by atoms with Crippen LogP contribution in [0.5, 0.6) is 5.75 Å². The van der Waals surface area contributed by atoms with Crippen LogP contribution in [-0.2, 0) is 15.5 Å². The number of carbonyl (C=O) groups excluding carboxylic acids is 1. The van der Waals surface area contributed by atoms with Gasteiger partial charge in [0.15, 0.2) is 0 Å². The van der Waals surface area contributed by atoms with Crippen molar-refractivity contribution >= 4 is 17.7 Å². The third kappa shape index (κ3) is 4.31. The van der Waals surface area contributed by atoms with Gasteiger partial charge in [0.2, 0.25) is 0 Å². The van der Waals surface area contributed by atoms with Gasteiger partial charge in [-0.15, -0.1) is 0 Å². The van der Waals surface area contributed by atoms with Gasteiger partial charge >= 0.3 is 18.0 Å². The SMILES string of the molecule is COc1ccc(NC(=O)OC(C)(C)C)c(C(F)(F)C(=O)O)c1. The first-order valence-corrected chi connectivity index (χ1v) is 6.27. The molecule has 1 aromatic rings. The third-order valence-electron chi connectivity index (χ3n) is 2.47. The Balaban J connectivity index is 3.20. The molecule has 0 atom stereocenters. The minimum atomic E-state index is -4.20. The Morgan fingerprint density at radius 3 is 2.27 bits per heavy atom. The molecule has 0 aromatic heterocycles. The van der Waals surface area contributed by atoms with Crippen LogP contribution >= 0.6 is 0 Å². The van der Waals surface area contributed by atoms with E-state index in [9.17, 15) is 18.4 Å². The molecule has 1 rings (SSSR count). The lowest BCUT2D eigenvalue weighted by Gasteiger charge is -2.22. The number of rotatable bonds is 4. The van der Waals surface area contributed by atoms with Crippen LogP contribution in [0.3, 0.4) is 0 Å². The van der Waals surface area contributed by atoms with Crippen LogP contribution < -0.4 is 10.1 Å². The van der Waals surface area contributed by atoms with Gasteiger partial charge in [0.05, 0.1) is 18.4 Å². The van der Waals surface area contributed by atoms with E-state index in [1.807, 2.05) is 0 Å². The standard InChI is InChI=1S/C14H17F2NO5/c1-13(2,3)22-12(20)17-10-6-5-8(21-4)7-9(10)14(15,16)11(18)19/h5-7H,1-4H3,(H,17,20)(H,18,19). The maximum absolute atomic E-state index is 13.8. The molecule has 8 heteroatoms. The molecule has 0 aliphatic carbocycles. The quantitative estimate of drug-likeness (QED) is 0.890. The van der Waals surface area contributed by atoms with Gasteiger partial charge in [-0.1, -0.05) is 0 Å². The first kappa shape index (κ1) is 17.7. The Kier molecular flexibility index (Phi) is 4.95. The lowest BCUT2D eigenvalue weighted by Crippen LogP contribution is -2.30. The number of methoxy groups -OCH3 is 1. The van der Waals surface area contributed by atoms with Crippen molar-refractivity contribution in [3.63, 3.8) is 0 Å². The first-order valence-electron chi connectivity index (χ1n) is 6.27. The number of carboxylic acids is 1. The predicted octanol–water partition coefficient (Wildman–Crippen LogP) is 3.22. The molecule has 0 saturated heterocycles. The lowest BCUT2D eigenvalue weighted by atomic mass is 10.1. The molecular weight excluding hydrogens is 300 g/mol. The van der Waals surface area contributed by atoms with Gasteiger partial charge in [-0.05, 0) is 39.0 Å². The van der Waals surface area contributed by atoms with Crippen LogP contribution in [0, 0.1) is 0 Å². The molecule has 6 nitrogen and oxygen atoms in total. The second-order valence-electron chi connectivity index (χ2n) is 5.42. The summed E-state index contributed by atoms with van der Waals surface area (Å²) in [5.41, 5.74) is -2.10. The second-order valence-corrected chi connectivity index (χ2v) is 5.42. The molecule has 1 aromatic carbocycles. The highest BCUT2D eigenvalue weighted by atomic mass is 19.3. The summed E-state index contributed by atoms with van der Waals surface area (Å²) in [6.45, 7) is 4.81. The molecule has 22 heavy (non-hydrogen) atoms. The van der Waals surface area contributed by atoms with Crippen LogP contribution in [0.25, 0.3) is 0 Å². The number of nitrogens with one attached hydrogen (secondary N) is 1. The molecule has 122 valence electrons. The summed E-state index contributed by atoms with van der Waals surface area (Å²) >= 11 is 0. The van der Waals surface area contributed by atoms with Crippen molar-refractivity contribution in [2.24, 2.45) is 0 Å². The van der Waals surface area contributed by atoms with E-state index >= 15 is 0 Å². The fourth-order valence-electron chi connectivity index (χ4n) is 1.55. The van der Waals surface area contributed by atoms with Gasteiger partial charge in [0.1, 0.15) is 11.4 Å². The first-order chi connectivity index (χ1) is 9.97. The Morgan fingerprint density at radius 1 is 1.23 bits per heavy atom. The minimum absolute atomic E-state index is 0.0330. The smallest absolute Gasteiger partial charge is 0.412 e. The molecule has 0 heterocycles. The molecule has 0 fully saturated rings. The van der Waals surface area contributed by atoms with Crippen LogP contribution in [0.1, 0.15) is 26.3 Å². The number of carboxylic acid groups (broad SMARTS) is 1. The average Bonchev–Trinajstić information content (AvgIpc) is 2.36. The number of alkyl halides is 2. The number of halogens is 2. The predicted molar refractivity (Wildman–Crippen MR) is 74.4 cm³/mol. The molecule has 1 amide bonds. The Bertz CT molecular complexity index is 581. The number of ether oxygens (including phenoxy) is 2. The zero-order chi connectivity index (χ0) is 17.1. The zero-order valence-corrected chi connectivity index (χ0v) is 12.6. The highest BCUT2D eigenvalue weighted by molar-refractivity contribution is 5.89. The molecule has 0 bridgehead atoms. The van der Waals surface area contributed by atoms with E-state index in [0.29, 0.717) is 0 Å². The number of carbonyl (C=O) groups is 2. The van der Waals surface area contributed by atoms with E-state index < -0.39 is 29.1 Å². The summed E-state index contributed by atoms with van der Waals surface area (Å²) in [6, 6.07) is 3.28. The lowest BCUT2D eigenvalue weighted by molar-refractivity contribution is -0.166. The van der Waals surface area contributed by atoms with E-state index in [1.165, 1.54) is 13.2 Å². The normalized spacial score (nSPS) is 11.7. The van der Waals surface area contributed by atoms with Crippen molar-refractivity contribution in [1.82, 2.24) is 0 Å². The van der Waals surface area contributed by atoms with E-state index in [1.54, 1.807) is 20.8 Å². The van der Waals surface area contributed by atoms with Crippen molar-refractivity contribution in [2.75, 3.05) is 12.4 Å². The number of benzene rings is 1. The zero-order valence-electron chi connectivity index (χ0n) is 12.6. The van der Waals surface area contributed by atoms with E-state index in [2.05, 4.69) is 5.32 Å². The monoisotopic (exact) mass is 317 g/mol. The van der Waals surface area contributed by atoms with E-state index in [-0.39, 0.29) is 11.4 Å². The molecule has 2 N–H and O–H groups in total. The van der Waals surface area contributed by atoms with Gasteiger partial charge in [-0.2, -0.15) is 8.78 Å². The summed E-state index contributed by atoms with van der Waals surface area (Å²) in [7, 11) is 1.25. The molecule has 0 saturated carbocycles. The fraction of sp³-hybridized carbons (Fsp3) is 0.429. The van der Waals surface area contributed by atoms with Crippen molar-refractivity contribution in [1.29, 1.82) is 0 Å². The number of hydrogen-bond donors (Lipinski definition) is 2. The Morgan fingerprint density at radius 2 is 1.82 bits per heavy atom. The van der Waals surface area contributed by atoms with E-state index in [4.69, 9.17) is 14.6 Å². The molecule has 0 radical (unpaired) electrons. The number of aliphatic carboxylic acids is 1. The highest BCUT2D eigenvalue weighted by Crippen LogP contribution is 2.36. The summed E-state index contributed by atoms with van der Waals surface area (Å²) in [5.74, 6) is -6.50. The summed E-state index contributed by atoms with van der Waals surface area (Å²) in [6.07, 6.45) is -0.972. The molecular formula is C14H17F2NO5. The number of amides is 1. The van der Waals surface area contributed by atoms with Crippen molar-refractivity contribution in [3.8, 4) is 5.75 Å². The van der Waals surface area contributed by atoms with Crippen LogP contribution in [-0.4, -0.2) is 29.9 Å². The summed E-state index contributed by atoms with van der Waals surface area (Å²) in [5, 5.41) is 10.8. The summed E-state index contributed by atoms with van der Waals surface area (Å²) in [4.78, 5) is 22.4. The Hall–Kier alpha value is -2.38. The van der Waals surface area contributed by atoms with Gasteiger partial charge in [0, 0.05) is 0 Å². The maximum atomic E-state index is 13.8. The summed E-state index contributed by atoms with van der Waals surface area (Å²) < 4.78 is 37.3. The third-order valence-corrected chi connectivity index (χ3v) is 2.47. The number of anilines is 1. The highest BCUT2D eigenvalue weighted by Gasteiger charge is 2.43. The minimum Gasteiger partial charge on any atom is -0.497 e. The van der Waals surface area contributed by atoms with Gasteiger partial charge in [-0.3, -0.25) is 5.32 Å². The Labute approximate surface area is 126 Å². The second kappa shape index (κ2) is 6.17. The average molecular weight is 317 g/mol. The van der Waals surface area contributed by atoms with E-state index in [0.717, 1.165) is 12.1 Å². The van der Waals surface area contributed by atoms with Crippen LogP contribution in [0.15, 0.2) is 18.2 Å². The fourth-order valence-corrected chi connectivity index (χ4v) is 1.55. The topological polar surface area (TPSA) is 84.9 Å². The molecule has 0 spiro atoms. The molecule has 0 aliphatic heterocycles. The largest absolute Gasteiger partial charge is 0.497 e. The molecule has 0 aliphatic rings. The maximum Gasteiger partial charge on any atom is 0.412 e. The molecule has 0 unspecified atom stereocenters. The van der Waals surface area contributed by atoms with Gasteiger partial charge in [-0.25, -0.2) is 9.59 Å². The van der Waals surface area contributed by atoms with Gasteiger partial charge in [0.25, 0.3) is 0 Å². The van der Waals surface area contributed by atoms with Crippen LogP contribution in [0.2, 0.25) is 0 Å². The van der Waals surface area contributed by atoms with Crippen molar-refractivity contribution < 1.29 is 33.0 Å². The van der Waals surface area contributed by atoms with Gasteiger partial charge < -0.3 is 14.6 Å². The van der Waals surface area contributed by atoms with Crippen LogP contribution in [0.4, 0.5) is 19.3 Å². The van der Waals surface area contributed by atoms with Crippen molar-refractivity contribution in [2.45, 2.75) is 32.3 Å². The number of hydrogen-bond acceptors (Lipinski definition) is 4.